The van der Waals surface area contributed by atoms with Gasteiger partial charge in [0, 0.05) is 12.8 Å². The highest BCUT2D eigenvalue weighted by molar-refractivity contribution is 5.70. The molecule has 0 fully saturated rings. The number of rotatable bonds is 57. The Hall–Kier alpha value is -3.96. The fraction of sp³-hybridized carbons (Fsp3) is 0.662. The van der Waals surface area contributed by atoms with Crippen molar-refractivity contribution < 1.29 is 24.2 Å². The molecule has 0 aliphatic rings. The third kappa shape index (κ3) is 62.6. The molecule has 0 rings (SSSR count). The molecular weight excluding hydrogens is 933 g/mol. The van der Waals surface area contributed by atoms with Crippen LogP contribution in [0.5, 0.6) is 0 Å². The molecule has 0 aliphatic carbocycles. The van der Waals surface area contributed by atoms with Gasteiger partial charge in [-0.05, 0) is 109 Å². The Balaban J connectivity index is 3.49. The smallest absolute Gasteiger partial charge is 0.306 e. The van der Waals surface area contributed by atoms with Crippen molar-refractivity contribution in [1.82, 2.24) is 0 Å². The van der Waals surface area contributed by atoms with Crippen molar-refractivity contribution in [2.45, 2.75) is 290 Å². The van der Waals surface area contributed by atoms with Gasteiger partial charge in [-0.2, -0.15) is 0 Å². The summed E-state index contributed by atoms with van der Waals surface area (Å²) in [5.74, 6) is -0.593. The van der Waals surface area contributed by atoms with Crippen molar-refractivity contribution in [3.8, 4) is 0 Å². The normalized spacial score (nSPS) is 13.1. The van der Waals surface area contributed by atoms with E-state index in [1.807, 2.05) is 0 Å². The number of aliphatic hydroxyl groups is 1. The molecule has 0 spiro atoms. The second kappa shape index (κ2) is 65.3. The maximum Gasteiger partial charge on any atom is 0.306 e. The van der Waals surface area contributed by atoms with E-state index in [0.717, 1.165) is 109 Å². The lowest BCUT2D eigenvalue weighted by Gasteiger charge is -2.15. The fourth-order valence-corrected chi connectivity index (χ4v) is 8.76. The van der Waals surface area contributed by atoms with Gasteiger partial charge in [0.05, 0.1) is 6.61 Å². The molecule has 5 heteroatoms. The van der Waals surface area contributed by atoms with E-state index >= 15 is 0 Å². The Morgan fingerprint density at radius 2 is 0.526 bits per heavy atom. The average molecular weight is 1050 g/mol. The number of esters is 2. The van der Waals surface area contributed by atoms with Gasteiger partial charge in [-0.25, -0.2) is 0 Å². The van der Waals surface area contributed by atoms with E-state index < -0.39 is 6.10 Å². The minimum Gasteiger partial charge on any atom is -0.462 e. The first-order chi connectivity index (χ1) is 37.6. The number of allylic oxidation sites excluding steroid dienone is 22. The van der Waals surface area contributed by atoms with Gasteiger partial charge in [0.1, 0.15) is 6.61 Å². The quantitative estimate of drug-likeness (QED) is 0.0373. The van der Waals surface area contributed by atoms with Gasteiger partial charge in [-0.1, -0.05) is 295 Å². The summed E-state index contributed by atoms with van der Waals surface area (Å²) >= 11 is 0. The van der Waals surface area contributed by atoms with Crippen LogP contribution in [0.3, 0.4) is 0 Å². The van der Waals surface area contributed by atoms with Crippen molar-refractivity contribution in [1.29, 1.82) is 0 Å². The number of carbonyl (C=O) groups is 2. The Morgan fingerprint density at radius 1 is 0.303 bits per heavy atom. The van der Waals surface area contributed by atoms with E-state index in [0.29, 0.717) is 12.8 Å². The lowest BCUT2D eigenvalue weighted by atomic mass is 10.0. The summed E-state index contributed by atoms with van der Waals surface area (Å²) < 4.78 is 10.7. The predicted molar refractivity (Wildman–Crippen MR) is 334 cm³/mol. The summed E-state index contributed by atoms with van der Waals surface area (Å²) in [6.07, 6.45) is 97.3. The third-order valence-electron chi connectivity index (χ3n) is 13.4. The van der Waals surface area contributed by atoms with Crippen LogP contribution in [-0.4, -0.2) is 36.4 Å². The topological polar surface area (TPSA) is 72.8 Å². The van der Waals surface area contributed by atoms with Crippen LogP contribution in [0, 0.1) is 0 Å². The predicted octanol–water partition coefficient (Wildman–Crippen LogP) is 22.0. The molecule has 0 heterocycles. The van der Waals surface area contributed by atoms with E-state index in [9.17, 15) is 14.7 Å². The van der Waals surface area contributed by atoms with E-state index in [1.165, 1.54) is 148 Å². The van der Waals surface area contributed by atoms with Gasteiger partial charge in [0.2, 0.25) is 0 Å². The Labute approximate surface area is 470 Å². The lowest BCUT2D eigenvalue weighted by molar-refractivity contribution is -0.161. The monoisotopic (exact) mass is 1050 g/mol. The second-order valence-corrected chi connectivity index (χ2v) is 20.7. The zero-order valence-electron chi connectivity index (χ0n) is 49.5. The van der Waals surface area contributed by atoms with E-state index in [1.54, 1.807) is 0 Å². The Bertz CT molecular complexity index is 1570. The first-order valence-electron chi connectivity index (χ1n) is 31.7. The van der Waals surface area contributed by atoms with Gasteiger partial charge in [-0.15, -0.1) is 0 Å². The molecule has 0 amide bonds. The molecule has 1 N–H and O–H groups in total. The first-order valence-corrected chi connectivity index (χ1v) is 31.7. The molecule has 0 aromatic rings. The van der Waals surface area contributed by atoms with E-state index in [-0.39, 0.29) is 25.2 Å². The molecule has 1 unspecified atom stereocenters. The summed E-state index contributed by atoms with van der Waals surface area (Å²) in [6.45, 7) is 3.92. The largest absolute Gasteiger partial charge is 0.462 e. The molecular formula is C71H118O5. The van der Waals surface area contributed by atoms with Gasteiger partial charge < -0.3 is 14.6 Å². The second-order valence-electron chi connectivity index (χ2n) is 20.7. The molecule has 0 saturated heterocycles. The number of ether oxygens (including phenoxy) is 2. The number of hydrogen-bond donors (Lipinski definition) is 1. The molecule has 0 aromatic heterocycles. The SMILES string of the molecule is CC/C=C\C/C=C\C/C=C\C/C=C\C/C=C\C/C=C\C/C=C\CCCCCCCCCCCCCCCCCCCC(=O)OC(CO)COC(=O)CCCCCCCCCCCC/C=C\C/C=C\C/C=C\C/C=C\CC. The fourth-order valence-electron chi connectivity index (χ4n) is 8.76. The summed E-state index contributed by atoms with van der Waals surface area (Å²) in [6, 6.07) is 0. The molecule has 1 atom stereocenters. The standard InChI is InChI=1S/C71H118O5/c1-3-5-7-9-11-13-15-17-19-21-23-25-27-28-29-30-31-32-33-34-35-36-37-38-39-40-41-42-44-46-48-50-52-54-56-58-60-62-64-66-71(74)76-69(67-72)68-75-70(73)65-63-61-59-57-55-53-51-49-47-45-43-26-24-22-20-18-16-14-12-10-8-6-4-2/h5-8,11-14,17-20,23-26,28-29,31-32,34-35,69,72H,3-4,9-10,15-16,21-22,27,30,33,36-68H2,1-2H3/b7-5-,8-6-,13-11-,14-12-,19-17-,20-18-,25-23-,26-24-,29-28-,32-31-,35-34-. The molecule has 432 valence electrons. The van der Waals surface area contributed by atoms with Crippen LogP contribution < -0.4 is 0 Å². The zero-order chi connectivity index (χ0) is 54.8. The average Bonchev–Trinajstić information content (AvgIpc) is 3.42. The number of aliphatic hydroxyl groups excluding tert-OH is 1. The minimum absolute atomic E-state index is 0.0721. The van der Waals surface area contributed by atoms with Gasteiger partial charge in [0.15, 0.2) is 6.10 Å². The first kappa shape index (κ1) is 72.0. The van der Waals surface area contributed by atoms with E-state index in [4.69, 9.17) is 9.47 Å². The highest BCUT2D eigenvalue weighted by atomic mass is 16.6. The molecule has 0 saturated carbocycles. The zero-order valence-corrected chi connectivity index (χ0v) is 49.5. The minimum atomic E-state index is -0.782. The summed E-state index contributed by atoms with van der Waals surface area (Å²) in [4.78, 5) is 24.6. The van der Waals surface area contributed by atoms with Gasteiger partial charge in [0.25, 0.3) is 0 Å². The maximum atomic E-state index is 12.3. The molecule has 76 heavy (non-hydrogen) atoms. The van der Waals surface area contributed by atoms with Crippen LogP contribution in [-0.2, 0) is 19.1 Å². The molecule has 0 aliphatic heterocycles. The van der Waals surface area contributed by atoms with E-state index in [2.05, 4.69) is 148 Å². The third-order valence-corrected chi connectivity index (χ3v) is 13.4. The highest BCUT2D eigenvalue weighted by Crippen LogP contribution is 2.16. The molecule has 0 radical (unpaired) electrons. The summed E-state index contributed by atoms with van der Waals surface area (Å²) in [7, 11) is 0. The van der Waals surface area contributed by atoms with Crippen LogP contribution in [0.15, 0.2) is 134 Å². The molecule has 0 bridgehead atoms. The van der Waals surface area contributed by atoms with Crippen LogP contribution >= 0.6 is 0 Å². The Kier molecular flexibility index (Phi) is 61.9. The van der Waals surface area contributed by atoms with Crippen molar-refractivity contribution in [2.24, 2.45) is 0 Å². The maximum absolute atomic E-state index is 12.3. The lowest BCUT2D eigenvalue weighted by Crippen LogP contribution is -2.28. The van der Waals surface area contributed by atoms with Crippen LogP contribution in [0.2, 0.25) is 0 Å². The van der Waals surface area contributed by atoms with Crippen LogP contribution in [0.4, 0.5) is 0 Å². The highest BCUT2D eigenvalue weighted by Gasteiger charge is 2.16. The van der Waals surface area contributed by atoms with Gasteiger partial charge in [-0.3, -0.25) is 9.59 Å². The van der Waals surface area contributed by atoms with Crippen LogP contribution in [0.1, 0.15) is 284 Å². The van der Waals surface area contributed by atoms with Crippen LogP contribution in [0.25, 0.3) is 0 Å². The van der Waals surface area contributed by atoms with Gasteiger partial charge >= 0.3 is 11.9 Å². The summed E-state index contributed by atoms with van der Waals surface area (Å²) in [5, 5.41) is 9.68. The number of carbonyl (C=O) groups excluding carboxylic acids is 2. The number of hydrogen-bond acceptors (Lipinski definition) is 5. The van der Waals surface area contributed by atoms with Crippen molar-refractivity contribution >= 4 is 11.9 Å². The number of unbranched alkanes of at least 4 members (excludes halogenated alkanes) is 27. The molecule has 0 aromatic carbocycles. The van der Waals surface area contributed by atoms with Crippen molar-refractivity contribution in [3.05, 3.63) is 134 Å². The van der Waals surface area contributed by atoms with Crippen molar-refractivity contribution in [3.63, 3.8) is 0 Å². The molecule has 5 nitrogen and oxygen atoms in total. The van der Waals surface area contributed by atoms with Crippen molar-refractivity contribution in [2.75, 3.05) is 13.2 Å². The Morgan fingerprint density at radius 3 is 0.789 bits per heavy atom. The summed E-state index contributed by atoms with van der Waals surface area (Å²) in [5.41, 5.74) is 0.